The molecule has 1 aliphatic rings. The molecule has 1 amide bonds. The van der Waals surface area contributed by atoms with Gasteiger partial charge in [0.1, 0.15) is 0 Å². The number of nitrogens with zero attached hydrogens (tertiary/aromatic N) is 3. The molecule has 0 aromatic heterocycles. The second-order valence-electron chi connectivity index (χ2n) is 7.56. The van der Waals surface area contributed by atoms with E-state index >= 15 is 0 Å². The van der Waals surface area contributed by atoms with Crippen molar-refractivity contribution < 1.29 is 9.53 Å². The van der Waals surface area contributed by atoms with Crippen molar-refractivity contribution in [3.8, 4) is 0 Å². The fourth-order valence-electron chi connectivity index (χ4n) is 3.46. The molecule has 0 radical (unpaired) electrons. The minimum Gasteiger partial charge on any atom is -0.385 e. The quantitative estimate of drug-likeness (QED) is 0.355. The van der Waals surface area contributed by atoms with Crippen LogP contribution < -0.4 is 10.6 Å². The fourth-order valence-corrected chi connectivity index (χ4v) is 3.46. The molecule has 1 aromatic rings. The molecule has 0 aliphatic carbocycles. The molecule has 2 rings (SSSR count). The Bertz CT molecular complexity index is 644. The lowest BCUT2D eigenvalue weighted by Gasteiger charge is -2.26. The molecular formula is C22H37N5O2. The molecule has 1 aromatic carbocycles. The molecule has 7 heteroatoms. The van der Waals surface area contributed by atoms with Crippen LogP contribution >= 0.6 is 0 Å². The van der Waals surface area contributed by atoms with Crippen LogP contribution in [0.25, 0.3) is 0 Å². The van der Waals surface area contributed by atoms with Gasteiger partial charge in [-0.15, -0.1) is 0 Å². The Labute approximate surface area is 175 Å². The van der Waals surface area contributed by atoms with Gasteiger partial charge >= 0.3 is 0 Å². The second kappa shape index (κ2) is 13.2. The first-order valence-corrected chi connectivity index (χ1v) is 10.6. The molecule has 1 heterocycles. The highest BCUT2D eigenvalue weighted by Crippen LogP contribution is 2.14. The fraction of sp³-hybridized carbons (Fsp3) is 0.636. The number of piperidine rings is 1. The topological polar surface area (TPSA) is 69.2 Å². The molecule has 2 N–H and O–H groups in total. The van der Waals surface area contributed by atoms with Crippen molar-refractivity contribution in [1.29, 1.82) is 0 Å². The van der Waals surface area contributed by atoms with Crippen molar-refractivity contribution in [3.63, 3.8) is 0 Å². The third-order valence-electron chi connectivity index (χ3n) is 5.18. The number of amides is 1. The highest BCUT2D eigenvalue weighted by Gasteiger charge is 2.18. The van der Waals surface area contributed by atoms with Gasteiger partial charge < -0.3 is 25.2 Å². The van der Waals surface area contributed by atoms with E-state index in [4.69, 9.17) is 4.74 Å². The van der Waals surface area contributed by atoms with Gasteiger partial charge in [0.15, 0.2) is 5.96 Å². The summed E-state index contributed by atoms with van der Waals surface area (Å²) in [4.78, 5) is 21.2. The van der Waals surface area contributed by atoms with Crippen LogP contribution in [0.4, 0.5) is 0 Å². The Balaban J connectivity index is 1.76. The number of likely N-dealkylation sites (tertiary alicyclic amines) is 1. The number of nitrogens with one attached hydrogen (secondary N) is 2. The van der Waals surface area contributed by atoms with Gasteiger partial charge in [-0.3, -0.25) is 9.79 Å². The summed E-state index contributed by atoms with van der Waals surface area (Å²) in [6, 6.07) is 7.89. The summed E-state index contributed by atoms with van der Waals surface area (Å²) in [6.07, 6.45) is 4.47. The molecule has 1 fully saturated rings. The Morgan fingerprint density at radius 1 is 1.21 bits per heavy atom. The van der Waals surface area contributed by atoms with Crippen molar-refractivity contribution in [1.82, 2.24) is 20.4 Å². The van der Waals surface area contributed by atoms with E-state index in [1.807, 2.05) is 29.2 Å². The highest BCUT2D eigenvalue weighted by atomic mass is 16.5. The van der Waals surface area contributed by atoms with Crippen LogP contribution in [-0.2, 0) is 11.3 Å². The van der Waals surface area contributed by atoms with Crippen molar-refractivity contribution in [2.24, 2.45) is 4.99 Å². The molecule has 0 saturated carbocycles. The van der Waals surface area contributed by atoms with E-state index < -0.39 is 0 Å². The van der Waals surface area contributed by atoms with Gasteiger partial charge in [0, 0.05) is 65.6 Å². The smallest absolute Gasteiger partial charge is 0.253 e. The number of carbonyl (C=O) groups excluding carboxylic acids is 1. The molecule has 0 spiro atoms. The van der Waals surface area contributed by atoms with Crippen LogP contribution in [0.5, 0.6) is 0 Å². The number of ether oxygens (including phenoxy) is 1. The molecule has 0 bridgehead atoms. The van der Waals surface area contributed by atoms with Crippen LogP contribution in [-0.4, -0.2) is 82.2 Å². The number of hydrogen-bond acceptors (Lipinski definition) is 4. The number of methoxy groups -OCH3 is 1. The lowest BCUT2D eigenvalue weighted by molar-refractivity contribution is 0.0724. The van der Waals surface area contributed by atoms with Crippen molar-refractivity contribution in [2.45, 2.75) is 32.2 Å². The van der Waals surface area contributed by atoms with Crippen molar-refractivity contribution >= 4 is 11.9 Å². The molecular weight excluding hydrogens is 366 g/mol. The largest absolute Gasteiger partial charge is 0.385 e. The lowest BCUT2D eigenvalue weighted by Crippen LogP contribution is -2.40. The number of guanidine groups is 1. The highest BCUT2D eigenvalue weighted by molar-refractivity contribution is 5.94. The monoisotopic (exact) mass is 403 g/mol. The summed E-state index contributed by atoms with van der Waals surface area (Å²) in [5.41, 5.74) is 1.85. The number of hydrogen-bond donors (Lipinski definition) is 2. The molecule has 29 heavy (non-hydrogen) atoms. The van der Waals surface area contributed by atoms with Crippen molar-refractivity contribution in [3.05, 3.63) is 35.4 Å². The van der Waals surface area contributed by atoms with E-state index in [2.05, 4.69) is 27.6 Å². The first-order valence-electron chi connectivity index (χ1n) is 10.6. The summed E-state index contributed by atoms with van der Waals surface area (Å²) >= 11 is 0. The number of rotatable bonds is 10. The zero-order valence-electron chi connectivity index (χ0n) is 18.2. The van der Waals surface area contributed by atoms with Gasteiger partial charge in [-0.2, -0.15) is 0 Å². The Hall–Kier alpha value is -2.12. The van der Waals surface area contributed by atoms with Gasteiger partial charge in [0.25, 0.3) is 5.91 Å². The maximum absolute atomic E-state index is 12.7. The summed E-state index contributed by atoms with van der Waals surface area (Å²) in [6.45, 7) is 5.93. The summed E-state index contributed by atoms with van der Waals surface area (Å²) in [5.74, 6) is 0.911. The van der Waals surface area contributed by atoms with Crippen molar-refractivity contribution in [2.75, 3.05) is 60.5 Å². The normalized spacial score (nSPS) is 14.9. The Morgan fingerprint density at radius 2 is 2.00 bits per heavy atom. The lowest BCUT2D eigenvalue weighted by atomic mass is 10.1. The first-order chi connectivity index (χ1) is 14.1. The van der Waals surface area contributed by atoms with Crippen LogP contribution in [0.15, 0.2) is 29.3 Å². The molecule has 0 unspecified atom stereocenters. The number of carbonyl (C=O) groups is 1. The average molecular weight is 404 g/mol. The van der Waals surface area contributed by atoms with E-state index in [1.54, 1.807) is 14.2 Å². The van der Waals surface area contributed by atoms with E-state index in [1.165, 1.54) is 6.42 Å². The van der Waals surface area contributed by atoms with E-state index in [0.29, 0.717) is 6.54 Å². The average Bonchev–Trinajstić information content (AvgIpc) is 2.76. The zero-order valence-corrected chi connectivity index (χ0v) is 18.2. The van der Waals surface area contributed by atoms with Crippen LogP contribution in [0.1, 0.15) is 41.6 Å². The number of aliphatic imine (C=N–C) groups is 1. The van der Waals surface area contributed by atoms with E-state index in [9.17, 15) is 4.79 Å². The third kappa shape index (κ3) is 8.41. The standard InChI is InChI=1S/C22H37N5O2/c1-23-22(24-11-15-26(2)12-8-16-29-3)25-18-19-9-7-10-20(17-19)21(28)27-13-5-4-6-14-27/h7,9-10,17H,4-6,8,11-16,18H2,1-3H3,(H2,23,24,25). The predicted octanol–water partition coefficient (Wildman–Crippen LogP) is 1.95. The predicted molar refractivity (Wildman–Crippen MR) is 118 cm³/mol. The molecule has 7 nitrogen and oxygen atoms in total. The van der Waals surface area contributed by atoms with Gasteiger partial charge in [-0.05, 0) is 50.4 Å². The SMILES string of the molecule is CN=C(NCCN(C)CCCOC)NCc1cccc(C(=O)N2CCCCC2)c1. The Morgan fingerprint density at radius 3 is 2.72 bits per heavy atom. The van der Waals surface area contributed by atoms with E-state index in [-0.39, 0.29) is 5.91 Å². The maximum Gasteiger partial charge on any atom is 0.253 e. The first kappa shape index (κ1) is 23.2. The molecule has 0 atom stereocenters. The summed E-state index contributed by atoms with van der Waals surface area (Å²) in [7, 11) is 5.61. The summed E-state index contributed by atoms with van der Waals surface area (Å²) < 4.78 is 5.09. The molecule has 1 saturated heterocycles. The third-order valence-corrected chi connectivity index (χ3v) is 5.18. The maximum atomic E-state index is 12.7. The minimum atomic E-state index is 0.144. The second-order valence-corrected chi connectivity index (χ2v) is 7.56. The minimum absolute atomic E-state index is 0.144. The van der Waals surface area contributed by atoms with Crippen LogP contribution in [0.2, 0.25) is 0 Å². The van der Waals surface area contributed by atoms with Gasteiger partial charge in [0.05, 0.1) is 0 Å². The number of likely N-dealkylation sites (N-methyl/N-ethyl adjacent to an activating group) is 1. The van der Waals surface area contributed by atoms with Gasteiger partial charge in [0.2, 0.25) is 0 Å². The van der Waals surface area contributed by atoms with Gasteiger partial charge in [-0.25, -0.2) is 0 Å². The number of benzene rings is 1. The molecule has 1 aliphatic heterocycles. The molecule has 162 valence electrons. The zero-order chi connectivity index (χ0) is 20.9. The van der Waals surface area contributed by atoms with Crippen LogP contribution in [0.3, 0.4) is 0 Å². The summed E-state index contributed by atoms with van der Waals surface area (Å²) in [5, 5.41) is 6.67. The van der Waals surface area contributed by atoms with E-state index in [0.717, 1.165) is 75.7 Å². The van der Waals surface area contributed by atoms with Crippen LogP contribution in [0, 0.1) is 0 Å². The van der Waals surface area contributed by atoms with Gasteiger partial charge in [-0.1, -0.05) is 12.1 Å². The Kier molecular flexibility index (Phi) is 10.5.